The van der Waals surface area contributed by atoms with Crippen molar-refractivity contribution < 1.29 is 17.9 Å². The van der Waals surface area contributed by atoms with Gasteiger partial charge < -0.3 is 4.74 Å². The Morgan fingerprint density at radius 3 is 2.54 bits per heavy atom. The maximum Gasteiger partial charge on any atom is 0.338 e. The lowest BCUT2D eigenvalue weighted by atomic mass is 10.2. The van der Waals surface area contributed by atoms with Gasteiger partial charge in [-0.3, -0.25) is 9.20 Å². The number of hydrogen-bond donors (Lipinski definition) is 1. The third-order valence-electron chi connectivity index (χ3n) is 3.45. The number of ether oxygens (including phenoxy) is 1. The molecule has 0 unspecified atom stereocenters. The largest absolute Gasteiger partial charge is 0.456 e. The second-order valence-corrected chi connectivity index (χ2v) is 7.30. The van der Waals surface area contributed by atoms with Crippen LogP contribution in [0.15, 0.2) is 58.4 Å². The predicted octanol–water partition coefficient (Wildman–Crippen LogP) is 1.35. The van der Waals surface area contributed by atoms with E-state index in [1.165, 1.54) is 40.9 Å². The van der Waals surface area contributed by atoms with Gasteiger partial charge in [-0.2, -0.15) is 0 Å². The van der Waals surface area contributed by atoms with E-state index in [1.54, 1.807) is 12.1 Å². The van der Waals surface area contributed by atoms with Crippen molar-refractivity contribution in [2.24, 2.45) is 5.14 Å². The zero-order chi connectivity index (χ0) is 18.9. The maximum atomic E-state index is 12.1. The average Bonchev–Trinajstić information content (AvgIpc) is 2.59. The summed E-state index contributed by atoms with van der Waals surface area (Å²) in [5.74, 6) is -0.691. The van der Waals surface area contributed by atoms with Gasteiger partial charge >= 0.3 is 5.97 Å². The third-order valence-corrected chi connectivity index (χ3v) is 4.60. The second kappa shape index (κ2) is 6.87. The molecule has 0 amide bonds. The van der Waals surface area contributed by atoms with Gasteiger partial charge in [0.2, 0.25) is 10.0 Å². The van der Waals surface area contributed by atoms with Gasteiger partial charge in [-0.15, -0.1) is 0 Å². The van der Waals surface area contributed by atoms with Crippen LogP contribution in [0.25, 0.3) is 5.65 Å². The van der Waals surface area contributed by atoms with E-state index in [-0.39, 0.29) is 28.3 Å². The lowest BCUT2D eigenvalue weighted by Crippen LogP contribution is -2.16. The van der Waals surface area contributed by atoms with Crippen molar-refractivity contribution in [3.8, 4) is 0 Å². The number of aromatic nitrogens is 2. The van der Waals surface area contributed by atoms with Crippen LogP contribution in [-0.2, 0) is 21.4 Å². The number of carbonyl (C=O) groups is 1. The summed E-state index contributed by atoms with van der Waals surface area (Å²) in [6, 6.07) is 9.38. The number of esters is 1. The van der Waals surface area contributed by atoms with Crippen molar-refractivity contribution in [2.75, 3.05) is 0 Å². The van der Waals surface area contributed by atoms with Crippen molar-refractivity contribution in [1.82, 2.24) is 9.38 Å². The lowest BCUT2D eigenvalue weighted by Gasteiger charge is -2.07. The average molecular weight is 394 g/mol. The number of nitrogens with zero attached hydrogens (tertiary/aromatic N) is 2. The summed E-state index contributed by atoms with van der Waals surface area (Å²) >= 11 is 5.84. The van der Waals surface area contributed by atoms with Gasteiger partial charge in [0, 0.05) is 12.3 Å². The minimum Gasteiger partial charge on any atom is -0.456 e. The van der Waals surface area contributed by atoms with Crippen LogP contribution in [-0.4, -0.2) is 23.8 Å². The van der Waals surface area contributed by atoms with Crippen LogP contribution in [0, 0.1) is 0 Å². The van der Waals surface area contributed by atoms with Gasteiger partial charge in [-0.05, 0) is 36.4 Å². The summed E-state index contributed by atoms with van der Waals surface area (Å²) in [7, 11) is -3.84. The van der Waals surface area contributed by atoms with Crippen LogP contribution in [0.1, 0.15) is 16.1 Å². The number of fused-ring (bicyclic) bond motifs is 1. The fraction of sp³-hybridized carbons (Fsp3) is 0.0625. The van der Waals surface area contributed by atoms with Crippen LogP contribution >= 0.6 is 11.6 Å². The first-order valence-corrected chi connectivity index (χ1v) is 9.14. The summed E-state index contributed by atoms with van der Waals surface area (Å²) < 4.78 is 28.8. The van der Waals surface area contributed by atoms with Crippen molar-refractivity contribution >= 4 is 33.2 Å². The van der Waals surface area contributed by atoms with E-state index in [9.17, 15) is 18.0 Å². The quantitative estimate of drug-likeness (QED) is 0.668. The Bertz CT molecular complexity index is 1160. The SMILES string of the molecule is NS(=O)(=O)c1ccc(C(=O)OCc2cc(=O)n3cc(Cl)ccc3n2)cc1. The topological polar surface area (TPSA) is 121 Å². The minimum atomic E-state index is -3.84. The molecule has 0 spiro atoms. The molecule has 0 saturated heterocycles. The van der Waals surface area contributed by atoms with Crippen LogP contribution in [0.5, 0.6) is 0 Å². The molecule has 3 rings (SSSR count). The van der Waals surface area contributed by atoms with Crippen LogP contribution in [0.2, 0.25) is 5.02 Å². The molecule has 0 aliphatic rings. The monoisotopic (exact) mass is 393 g/mol. The van der Waals surface area contributed by atoms with E-state index >= 15 is 0 Å². The molecular weight excluding hydrogens is 382 g/mol. The minimum absolute atomic E-state index is 0.114. The highest BCUT2D eigenvalue weighted by Gasteiger charge is 2.12. The molecule has 2 aromatic heterocycles. The number of nitrogens with two attached hydrogens (primary N) is 1. The molecule has 8 nitrogen and oxygen atoms in total. The molecule has 0 aliphatic carbocycles. The standard InChI is InChI=1S/C16H12ClN3O5S/c17-11-3-6-14-19-12(7-15(21)20(14)8-11)9-25-16(22)10-1-4-13(5-2-10)26(18,23)24/h1-8H,9H2,(H2,18,23,24). The zero-order valence-corrected chi connectivity index (χ0v) is 14.7. The van der Waals surface area contributed by atoms with E-state index in [2.05, 4.69) is 4.98 Å². The summed E-state index contributed by atoms with van der Waals surface area (Å²) in [6.07, 6.45) is 1.44. The molecule has 134 valence electrons. The molecule has 3 aromatic rings. The summed E-state index contributed by atoms with van der Waals surface area (Å²) in [5, 5.41) is 5.39. The first kappa shape index (κ1) is 18.1. The van der Waals surface area contributed by atoms with Crippen LogP contribution < -0.4 is 10.7 Å². The molecule has 0 aliphatic heterocycles. The van der Waals surface area contributed by atoms with Gasteiger partial charge in [-0.25, -0.2) is 23.3 Å². The normalized spacial score (nSPS) is 11.5. The third kappa shape index (κ3) is 3.90. The Morgan fingerprint density at radius 2 is 1.88 bits per heavy atom. The van der Waals surface area contributed by atoms with Gasteiger partial charge in [0.05, 0.1) is 21.2 Å². The van der Waals surface area contributed by atoms with E-state index in [0.717, 1.165) is 0 Å². The number of carbonyl (C=O) groups excluding carboxylic acids is 1. The second-order valence-electron chi connectivity index (χ2n) is 5.31. The van der Waals surface area contributed by atoms with Gasteiger partial charge in [0.25, 0.3) is 5.56 Å². The summed E-state index contributed by atoms with van der Waals surface area (Å²) in [4.78, 5) is 28.2. The van der Waals surface area contributed by atoms with Gasteiger partial charge in [0.15, 0.2) is 0 Å². The smallest absolute Gasteiger partial charge is 0.338 e. The van der Waals surface area contributed by atoms with E-state index in [4.69, 9.17) is 21.5 Å². The summed E-state index contributed by atoms with van der Waals surface area (Å²) in [6.45, 7) is -0.218. The number of pyridine rings is 1. The number of halogens is 1. The molecule has 0 atom stereocenters. The molecule has 0 bridgehead atoms. The van der Waals surface area contributed by atoms with Crippen molar-refractivity contribution in [3.05, 3.63) is 75.3 Å². The molecule has 0 fully saturated rings. The Morgan fingerprint density at radius 1 is 1.19 bits per heavy atom. The molecule has 26 heavy (non-hydrogen) atoms. The highest BCUT2D eigenvalue weighted by atomic mass is 35.5. The Hall–Kier alpha value is -2.75. The van der Waals surface area contributed by atoms with Crippen LogP contribution in [0.4, 0.5) is 0 Å². The van der Waals surface area contributed by atoms with Crippen molar-refractivity contribution in [2.45, 2.75) is 11.5 Å². The van der Waals surface area contributed by atoms with Gasteiger partial charge in [-0.1, -0.05) is 11.6 Å². The first-order chi connectivity index (χ1) is 12.2. The maximum absolute atomic E-state index is 12.1. The number of rotatable bonds is 4. The first-order valence-electron chi connectivity index (χ1n) is 7.22. The number of benzene rings is 1. The fourth-order valence-corrected chi connectivity index (χ4v) is 2.88. The molecule has 10 heteroatoms. The highest BCUT2D eigenvalue weighted by Crippen LogP contribution is 2.11. The lowest BCUT2D eigenvalue weighted by molar-refractivity contribution is 0.0467. The highest BCUT2D eigenvalue weighted by molar-refractivity contribution is 7.89. The number of sulfonamides is 1. The van der Waals surface area contributed by atoms with E-state index < -0.39 is 16.0 Å². The molecule has 1 aromatic carbocycles. The van der Waals surface area contributed by atoms with Gasteiger partial charge in [0.1, 0.15) is 12.3 Å². The molecule has 2 heterocycles. The van der Waals surface area contributed by atoms with E-state index in [0.29, 0.717) is 10.7 Å². The number of hydrogen-bond acceptors (Lipinski definition) is 6. The molecule has 2 N–H and O–H groups in total. The van der Waals surface area contributed by atoms with Crippen LogP contribution in [0.3, 0.4) is 0 Å². The molecule has 0 saturated carbocycles. The molecular formula is C16H12ClN3O5S. The van der Waals surface area contributed by atoms with E-state index in [1.807, 2.05) is 0 Å². The Labute approximate surface area is 152 Å². The zero-order valence-electron chi connectivity index (χ0n) is 13.1. The Kier molecular flexibility index (Phi) is 4.77. The fourth-order valence-electron chi connectivity index (χ4n) is 2.20. The number of primary sulfonamides is 1. The predicted molar refractivity (Wildman–Crippen MR) is 93.4 cm³/mol. The Balaban J connectivity index is 1.76. The van der Waals surface area contributed by atoms with Crippen molar-refractivity contribution in [3.63, 3.8) is 0 Å². The summed E-state index contributed by atoms with van der Waals surface area (Å²) in [5.41, 5.74) is 0.417. The van der Waals surface area contributed by atoms with Crippen molar-refractivity contribution in [1.29, 1.82) is 0 Å². The molecule has 0 radical (unpaired) electrons.